The van der Waals surface area contributed by atoms with Gasteiger partial charge in [0.2, 0.25) is 10.0 Å². The second-order valence-corrected chi connectivity index (χ2v) is 10.1. The minimum absolute atomic E-state index is 0.0963. The highest BCUT2D eigenvalue weighted by molar-refractivity contribution is 7.92. The van der Waals surface area contributed by atoms with Crippen LogP contribution in [0.5, 0.6) is 0 Å². The summed E-state index contributed by atoms with van der Waals surface area (Å²) in [4.78, 5) is 12.3. The molecule has 0 atom stereocenters. The summed E-state index contributed by atoms with van der Waals surface area (Å²) >= 11 is 6.18. The van der Waals surface area contributed by atoms with Crippen LogP contribution in [0.2, 0.25) is 5.02 Å². The van der Waals surface area contributed by atoms with Gasteiger partial charge in [0.15, 0.2) is 0 Å². The lowest BCUT2D eigenvalue weighted by Gasteiger charge is -2.23. The fourth-order valence-electron chi connectivity index (χ4n) is 2.33. The minimum Gasteiger partial charge on any atom is -0.267 e. The molecule has 0 aliphatic rings. The van der Waals surface area contributed by atoms with Crippen molar-refractivity contribution in [1.82, 2.24) is 5.43 Å². The Morgan fingerprint density at radius 2 is 1.69 bits per heavy atom. The summed E-state index contributed by atoms with van der Waals surface area (Å²) in [6, 6.07) is 13.4. The highest BCUT2D eigenvalue weighted by Gasteiger charge is 2.20. The van der Waals surface area contributed by atoms with E-state index in [0.717, 1.165) is 12.0 Å². The van der Waals surface area contributed by atoms with Crippen LogP contribution in [0.25, 0.3) is 0 Å². The number of hydrazone groups is 1. The van der Waals surface area contributed by atoms with Crippen LogP contribution in [0, 0.1) is 5.41 Å². The molecule has 0 aromatic heterocycles. The van der Waals surface area contributed by atoms with Gasteiger partial charge < -0.3 is 0 Å². The molecule has 6 nitrogen and oxygen atoms in total. The van der Waals surface area contributed by atoms with Gasteiger partial charge in [-0.2, -0.15) is 5.10 Å². The molecule has 0 unspecified atom stereocenters. The molecule has 1 amide bonds. The number of hydrogen-bond donors (Lipinski definition) is 1. The van der Waals surface area contributed by atoms with E-state index in [4.69, 9.17) is 11.6 Å². The van der Waals surface area contributed by atoms with Crippen molar-refractivity contribution in [3.8, 4) is 0 Å². The first-order valence-electron chi connectivity index (χ1n) is 9.06. The smallest absolute Gasteiger partial charge is 0.267 e. The molecule has 8 heteroatoms. The number of amides is 1. The largest absolute Gasteiger partial charge is 0.271 e. The predicted octanol–water partition coefficient (Wildman–Crippen LogP) is 4.46. The normalized spacial score (nSPS) is 12.6. The number of sulfonamides is 1. The lowest BCUT2D eigenvalue weighted by Crippen LogP contribution is -2.29. The zero-order valence-corrected chi connectivity index (χ0v) is 18.8. The van der Waals surface area contributed by atoms with Crippen LogP contribution in [0.15, 0.2) is 53.6 Å². The maximum Gasteiger partial charge on any atom is 0.271 e. The third kappa shape index (κ3) is 6.30. The first-order chi connectivity index (χ1) is 13.4. The van der Waals surface area contributed by atoms with Gasteiger partial charge in [0.25, 0.3) is 5.91 Å². The fourth-order valence-corrected chi connectivity index (χ4v) is 3.40. The van der Waals surface area contributed by atoms with Crippen molar-refractivity contribution >= 4 is 38.9 Å². The number of benzene rings is 2. The van der Waals surface area contributed by atoms with E-state index < -0.39 is 10.0 Å². The summed E-state index contributed by atoms with van der Waals surface area (Å²) in [7, 11) is -3.55. The number of rotatable bonds is 6. The number of carbonyl (C=O) groups is 1. The third-order valence-corrected chi connectivity index (χ3v) is 6.01. The zero-order chi connectivity index (χ0) is 21.8. The highest BCUT2D eigenvalue weighted by Crippen LogP contribution is 2.24. The standard InChI is InChI=1S/C21H26ClN3O3S/c1-15(21(2,3)4)23-24-20(26)16-10-12-18(13-11-16)25(29(5,27)28)14-17-8-6-7-9-19(17)22/h6-13H,14H2,1-5H3,(H,24,26)/b23-15-. The molecule has 1 N–H and O–H groups in total. The SMILES string of the molecule is C/C(=N/NC(=O)c1ccc(N(Cc2ccccc2Cl)S(C)(=O)=O)cc1)C(C)(C)C. The van der Waals surface area contributed by atoms with Gasteiger partial charge in [-0.1, -0.05) is 50.6 Å². The first-order valence-corrected chi connectivity index (χ1v) is 11.3. The maximum absolute atomic E-state index is 12.3. The van der Waals surface area contributed by atoms with Gasteiger partial charge in [0, 0.05) is 21.7 Å². The lowest BCUT2D eigenvalue weighted by atomic mass is 9.91. The summed E-state index contributed by atoms with van der Waals surface area (Å²) < 4.78 is 25.9. The van der Waals surface area contributed by atoms with Crippen LogP contribution in [0.3, 0.4) is 0 Å². The van der Waals surface area contributed by atoms with E-state index in [0.29, 0.717) is 21.8 Å². The monoisotopic (exact) mass is 435 g/mol. The summed E-state index contributed by atoms with van der Waals surface area (Å²) in [5, 5.41) is 4.62. The third-order valence-electron chi connectivity index (χ3n) is 4.50. The quantitative estimate of drug-likeness (QED) is 0.537. The van der Waals surface area contributed by atoms with Gasteiger partial charge in [-0.25, -0.2) is 13.8 Å². The molecular weight excluding hydrogens is 410 g/mol. The Hall–Kier alpha value is -2.38. The average molecular weight is 436 g/mol. The molecule has 2 rings (SSSR count). The van der Waals surface area contributed by atoms with E-state index in [1.807, 2.05) is 27.7 Å². The number of carbonyl (C=O) groups excluding carboxylic acids is 1. The van der Waals surface area contributed by atoms with E-state index in [1.54, 1.807) is 48.5 Å². The zero-order valence-electron chi connectivity index (χ0n) is 17.2. The van der Waals surface area contributed by atoms with Crippen LogP contribution in [0.1, 0.15) is 43.6 Å². The Morgan fingerprint density at radius 3 is 2.21 bits per heavy atom. The van der Waals surface area contributed by atoms with Gasteiger partial charge in [0.1, 0.15) is 0 Å². The second kappa shape index (κ2) is 8.97. The van der Waals surface area contributed by atoms with Crippen molar-refractivity contribution in [3.05, 3.63) is 64.7 Å². The number of hydrogen-bond acceptors (Lipinski definition) is 4. The fraction of sp³-hybridized carbons (Fsp3) is 0.333. The molecule has 0 fully saturated rings. The van der Waals surface area contributed by atoms with E-state index in [9.17, 15) is 13.2 Å². The Morgan fingerprint density at radius 1 is 1.10 bits per heavy atom. The van der Waals surface area contributed by atoms with E-state index in [2.05, 4.69) is 10.5 Å². The maximum atomic E-state index is 12.3. The molecule has 0 radical (unpaired) electrons. The Kier molecular flexibility index (Phi) is 7.08. The average Bonchev–Trinajstić information content (AvgIpc) is 2.63. The number of halogens is 1. The molecule has 2 aromatic carbocycles. The topological polar surface area (TPSA) is 78.8 Å². The van der Waals surface area contributed by atoms with Crippen LogP contribution in [0.4, 0.5) is 5.69 Å². The van der Waals surface area contributed by atoms with E-state index in [1.165, 1.54) is 4.31 Å². The van der Waals surface area contributed by atoms with Gasteiger partial charge in [0.05, 0.1) is 18.5 Å². The molecular formula is C21H26ClN3O3S. The molecule has 0 aliphatic heterocycles. The molecule has 0 saturated carbocycles. The van der Waals surface area contributed by atoms with Gasteiger partial charge in [-0.15, -0.1) is 0 Å². The highest BCUT2D eigenvalue weighted by atomic mass is 35.5. The predicted molar refractivity (Wildman–Crippen MR) is 119 cm³/mol. The lowest BCUT2D eigenvalue weighted by molar-refractivity contribution is 0.0954. The van der Waals surface area contributed by atoms with Crippen molar-refractivity contribution in [2.75, 3.05) is 10.6 Å². The van der Waals surface area contributed by atoms with Crippen LogP contribution >= 0.6 is 11.6 Å². The number of nitrogens with zero attached hydrogens (tertiary/aromatic N) is 2. The van der Waals surface area contributed by atoms with Crippen molar-refractivity contribution in [1.29, 1.82) is 0 Å². The van der Waals surface area contributed by atoms with Crippen LogP contribution in [-0.4, -0.2) is 26.3 Å². The summed E-state index contributed by atoms with van der Waals surface area (Å²) in [6.07, 6.45) is 1.13. The van der Waals surface area contributed by atoms with Crippen molar-refractivity contribution < 1.29 is 13.2 Å². The molecule has 0 saturated heterocycles. The number of anilines is 1. The second-order valence-electron chi connectivity index (χ2n) is 7.80. The van der Waals surface area contributed by atoms with Crippen molar-refractivity contribution in [3.63, 3.8) is 0 Å². The van der Waals surface area contributed by atoms with E-state index >= 15 is 0 Å². The van der Waals surface area contributed by atoms with Crippen molar-refractivity contribution in [2.45, 2.75) is 34.2 Å². The molecule has 29 heavy (non-hydrogen) atoms. The minimum atomic E-state index is -3.55. The van der Waals surface area contributed by atoms with Crippen LogP contribution < -0.4 is 9.73 Å². The molecule has 156 valence electrons. The molecule has 0 aliphatic carbocycles. The summed E-state index contributed by atoms with van der Waals surface area (Å²) in [5.74, 6) is -0.364. The number of nitrogens with one attached hydrogen (secondary N) is 1. The van der Waals surface area contributed by atoms with E-state index in [-0.39, 0.29) is 17.9 Å². The van der Waals surface area contributed by atoms with Gasteiger partial charge in [-0.05, 0) is 42.8 Å². The molecule has 2 aromatic rings. The molecule has 0 bridgehead atoms. The van der Waals surface area contributed by atoms with Gasteiger partial charge in [-0.3, -0.25) is 9.10 Å². The molecule has 0 heterocycles. The summed E-state index contributed by atoms with van der Waals surface area (Å²) in [5.41, 5.74) is 4.69. The first kappa shape index (κ1) is 22.9. The van der Waals surface area contributed by atoms with Gasteiger partial charge >= 0.3 is 0 Å². The van der Waals surface area contributed by atoms with Crippen LogP contribution in [-0.2, 0) is 16.6 Å². The Labute approximate surface area is 177 Å². The summed E-state index contributed by atoms with van der Waals surface area (Å²) in [6.45, 7) is 7.96. The van der Waals surface area contributed by atoms with Crippen molar-refractivity contribution in [2.24, 2.45) is 10.5 Å². The Balaban J connectivity index is 2.23. The molecule has 0 spiro atoms. The Bertz CT molecular complexity index is 1010.